The lowest BCUT2D eigenvalue weighted by Crippen LogP contribution is -2.46. The summed E-state index contributed by atoms with van der Waals surface area (Å²) in [6.45, 7) is 8.68. The number of carbonyl (C=O) groups excluding carboxylic acids is 1. The van der Waals surface area contributed by atoms with Gasteiger partial charge in [0.25, 0.3) is 0 Å². The van der Waals surface area contributed by atoms with E-state index in [-0.39, 0.29) is 18.1 Å². The van der Waals surface area contributed by atoms with Gasteiger partial charge in [-0.3, -0.25) is 9.48 Å². The number of nitrogens with zero attached hydrogens (tertiary/aromatic N) is 2. The van der Waals surface area contributed by atoms with E-state index < -0.39 is 5.54 Å². The minimum atomic E-state index is -0.665. The van der Waals surface area contributed by atoms with Crippen LogP contribution < -0.4 is 5.32 Å². The summed E-state index contributed by atoms with van der Waals surface area (Å²) in [7, 11) is 0. The van der Waals surface area contributed by atoms with E-state index >= 15 is 0 Å². The van der Waals surface area contributed by atoms with Gasteiger partial charge < -0.3 is 10.1 Å². The van der Waals surface area contributed by atoms with Crippen molar-refractivity contribution in [3.05, 3.63) is 18.0 Å². The number of rotatable bonds is 5. The molecule has 3 atom stereocenters. The minimum Gasteiger partial charge on any atom is -0.375 e. The molecular formula is C17H27N3O2. The maximum Gasteiger partial charge on any atom is 0.247 e. The standard InChI is InChI=1S/C17H27N3O2/c1-11-9-14(12(2)22-11)10-18-16(21)17(3,4)20-8-7-15(19-20)13-5-6-13/h7-8,11-14H,5-6,9-10H2,1-4H3,(H,18,21). The molecule has 0 bridgehead atoms. The molecule has 2 fully saturated rings. The molecule has 3 unspecified atom stereocenters. The zero-order valence-corrected chi connectivity index (χ0v) is 14.0. The number of ether oxygens (including phenoxy) is 1. The van der Waals surface area contributed by atoms with Crippen LogP contribution >= 0.6 is 0 Å². The summed E-state index contributed by atoms with van der Waals surface area (Å²) >= 11 is 0. The van der Waals surface area contributed by atoms with Gasteiger partial charge in [0.1, 0.15) is 5.54 Å². The molecule has 3 rings (SSSR count). The summed E-state index contributed by atoms with van der Waals surface area (Å²) in [5.74, 6) is 1.03. The van der Waals surface area contributed by atoms with Crippen molar-refractivity contribution in [1.29, 1.82) is 0 Å². The quantitative estimate of drug-likeness (QED) is 0.909. The first-order chi connectivity index (χ1) is 10.4. The van der Waals surface area contributed by atoms with E-state index in [0.29, 0.717) is 18.4 Å². The first-order valence-corrected chi connectivity index (χ1v) is 8.37. The maximum atomic E-state index is 12.6. The van der Waals surface area contributed by atoms with Gasteiger partial charge in [-0.05, 0) is 53.0 Å². The van der Waals surface area contributed by atoms with Gasteiger partial charge in [-0.1, -0.05) is 0 Å². The molecule has 1 aliphatic carbocycles. The summed E-state index contributed by atoms with van der Waals surface area (Å²) in [6.07, 6.45) is 5.89. The zero-order valence-electron chi connectivity index (χ0n) is 14.0. The normalized spacial score (nSPS) is 28.8. The van der Waals surface area contributed by atoms with E-state index in [2.05, 4.69) is 24.3 Å². The van der Waals surface area contributed by atoms with Crippen molar-refractivity contribution in [2.45, 2.75) is 70.6 Å². The highest BCUT2D eigenvalue weighted by molar-refractivity contribution is 5.83. The highest BCUT2D eigenvalue weighted by Gasteiger charge is 2.35. The van der Waals surface area contributed by atoms with Crippen molar-refractivity contribution in [3.63, 3.8) is 0 Å². The molecule has 1 aromatic heterocycles. The Kier molecular flexibility index (Phi) is 4.02. The molecule has 1 aromatic rings. The van der Waals surface area contributed by atoms with E-state index in [4.69, 9.17) is 4.74 Å². The Balaban J connectivity index is 1.59. The van der Waals surface area contributed by atoms with Gasteiger partial charge in [-0.25, -0.2) is 0 Å². The monoisotopic (exact) mass is 305 g/mol. The smallest absolute Gasteiger partial charge is 0.247 e. The van der Waals surface area contributed by atoms with Crippen LogP contribution in [0.1, 0.15) is 58.6 Å². The molecular weight excluding hydrogens is 278 g/mol. The van der Waals surface area contributed by atoms with E-state index in [1.807, 2.05) is 26.1 Å². The Labute approximate surface area is 132 Å². The van der Waals surface area contributed by atoms with Crippen LogP contribution in [0.4, 0.5) is 0 Å². The zero-order chi connectivity index (χ0) is 15.9. The van der Waals surface area contributed by atoms with Crippen LogP contribution in [0.5, 0.6) is 0 Å². The van der Waals surface area contributed by atoms with Crippen LogP contribution in [0.25, 0.3) is 0 Å². The van der Waals surface area contributed by atoms with Crippen molar-refractivity contribution < 1.29 is 9.53 Å². The lowest BCUT2D eigenvalue weighted by Gasteiger charge is -2.25. The van der Waals surface area contributed by atoms with E-state index in [0.717, 1.165) is 12.1 Å². The maximum absolute atomic E-state index is 12.6. The van der Waals surface area contributed by atoms with Crippen molar-refractivity contribution in [1.82, 2.24) is 15.1 Å². The van der Waals surface area contributed by atoms with E-state index in [1.54, 1.807) is 4.68 Å². The number of amides is 1. The minimum absolute atomic E-state index is 0.0182. The molecule has 1 saturated heterocycles. The summed E-state index contributed by atoms with van der Waals surface area (Å²) in [5, 5.41) is 7.69. The van der Waals surface area contributed by atoms with Crippen molar-refractivity contribution >= 4 is 5.91 Å². The van der Waals surface area contributed by atoms with Crippen molar-refractivity contribution in [2.75, 3.05) is 6.54 Å². The van der Waals surface area contributed by atoms with Crippen molar-refractivity contribution in [3.8, 4) is 0 Å². The Hall–Kier alpha value is -1.36. The fourth-order valence-corrected chi connectivity index (χ4v) is 3.19. The molecule has 2 heterocycles. The molecule has 5 nitrogen and oxygen atoms in total. The topological polar surface area (TPSA) is 56.2 Å². The van der Waals surface area contributed by atoms with Gasteiger partial charge in [0.05, 0.1) is 17.9 Å². The molecule has 5 heteroatoms. The molecule has 2 aliphatic rings. The third-order valence-corrected chi connectivity index (χ3v) is 5.00. The van der Waals surface area contributed by atoms with E-state index in [1.165, 1.54) is 12.8 Å². The lowest BCUT2D eigenvalue weighted by atomic mass is 9.99. The summed E-state index contributed by atoms with van der Waals surface area (Å²) in [6, 6.07) is 2.04. The Bertz CT molecular complexity index is 548. The predicted molar refractivity (Wildman–Crippen MR) is 84.6 cm³/mol. The number of hydrogen-bond donors (Lipinski definition) is 1. The van der Waals surface area contributed by atoms with Crippen LogP contribution in [0, 0.1) is 5.92 Å². The predicted octanol–water partition coefficient (Wildman–Crippen LogP) is 2.43. The lowest BCUT2D eigenvalue weighted by molar-refractivity contribution is -0.129. The SMILES string of the molecule is CC1CC(CNC(=O)C(C)(C)n2ccc(C3CC3)n2)C(C)O1. The average molecular weight is 305 g/mol. The fourth-order valence-electron chi connectivity index (χ4n) is 3.19. The first-order valence-electron chi connectivity index (χ1n) is 8.37. The van der Waals surface area contributed by atoms with E-state index in [9.17, 15) is 4.79 Å². The van der Waals surface area contributed by atoms with Crippen LogP contribution in [-0.4, -0.2) is 34.4 Å². The molecule has 122 valence electrons. The second kappa shape index (κ2) is 5.69. The van der Waals surface area contributed by atoms with Crippen LogP contribution in [0.15, 0.2) is 12.3 Å². The Morgan fingerprint density at radius 1 is 1.45 bits per heavy atom. The third kappa shape index (κ3) is 3.05. The first kappa shape index (κ1) is 15.5. The van der Waals surface area contributed by atoms with Crippen LogP contribution in [0.3, 0.4) is 0 Å². The summed E-state index contributed by atoms with van der Waals surface area (Å²) < 4.78 is 7.54. The largest absolute Gasteiger partial charge is 0.375 e. The van der Waals surface area contributed by atoms with Crippen LogP contribution in [-0.2, 0) is 15.1 Å². The average Bonchev–Trinajstić information content (AvgIpc) is 3.09. The van der Waals surface area contributed by atoms with Gasteiger partial charge in [0.15, 0.2) is 0 Å². The molecule has 1 saturated carbocycles. The van der Waals surface area contributed by atoms with Crippen molar-refractivity contribution in [2.24, 2.45) is 5.92 Å². The second-order valence-corrected chi connectivity index (χ2v) is 7.38. The number of aromatic nitrogens is 2. The fraction of sp³-hybridized carbons (Fsp3) is 0.765. The molecule has 0 radical (unpaired) electrons. The highest BCUT2D eigenvalue weighted by atomic mass is 16.5. The molecule has 0 aromatic carbocycles. The Morgan fingerprint density at radius 3 is 2.77 bits per heavy atom. The molecule has 0 spiro atoms. The highest BCUT2D eigenvalue weighted by Crippen LogP contribution is 2.39. The number of nitrogens with one attached hydrogen (secondary N) is 1. The molecule has 22 heavy (non-hydrogen) atoms. The molecule has 1 N–H and O–H groups in total. The Morgan fingerprint density at radius 2 is 2.18 bits per heavy atom. The summed E-state index contributed by atoms with van der Waals surface area (Å²) in [4.78, 5) is 12.6. The molecule has 1 amide bonds. The number of hydrogen-bond acceptors (Lipinski definition) is 3. The van der Waals surface area contributed by atoms with Gasteiger partial charge in [-0.15, -0.1) is 0 Å². The number of carbonyl (C=O) groups is 1. The van der Waals surface area contributed by atoms with Gasteiger partial charge in [0, 0.05) is 24.6 Å². The van der Waals surface area contributed by atoms with Gasteiger partial charge in [-0.2, -0.15) is 5.10 Å². The van der Waals surface area contributed by atoms with Crippen LogP contribution in [0.2, 0.25) is 0 Å². The summed E-state index contributed by atoms with van der Waals surface area (Å²) in [5.41, 5.74) is 0.453. The van der Waals surface area contributed by atoms with Gasteiger partial charge in [0.2, 0.25) is 5.91 Å². The van der Waals surface area contributed by atoms with Gasteiger partial charge >= 0.3 is 0 Å². The second-order valence-electron chi connectivity index (χ2n) is 7.38. The molecule has 1 aliphatic heterocycles. The third-order valence-electron chi connectivity index (χ3n) is 5.00.